The first kappa shape index (κ1) is 19.5. The largest absolute Gasteiger partial charge is 0.481 e. The van der Waals surface area contributed by atoms with Crippen LogP contribution in [0.25, 0.3) is 0 Å². The van der Waals surface area contributed by atoms with Gasteiger partial charge >= 0.3 is 11.9 Å². The minimum Gasteiger partial charge on any atom is -0.481 e. The van der Waals surface area contributed by atoms with Gasteiger partial charge in [-0.05, 0) is 12.8 Å². The van der Waals surface area contributed by atoms with Gasteiger partial charge in [-0.3, -0.25) is 9.59 Å². The third-order valence-electron chi connectivity index (χ3n) is 2.04. The van der Waals surface area contributed by atoms with Crippen LogP contribution in [0, 0.1) is 11.8 Å². The van der Waals surface area contributed by atoms with Crippen LogP contribution in [0.1, 0.15) is 12.8 Å². The van der Waals surface area contributed by atoms with E-state index in [2.05, 4.69) is 38.4 Å². The van der Waals surface area contributed by atoms with E-state index in [9.17, 15) is 9.59 Å². The lowest BCUT2D eigenvalue weighted by Gasteiger charge is -2.02. The Hall–Kier alpha value is -0.880. The van der Waals surface area contributed by atoms with Crippen LogP contribution in [0.5, 0.6) is 0 Å². The van der Waals surface area contributed by atoms with Crippen molar-refractivity contribution >= 4 is 37.2 Å². The first-order valence-electron chi connectivity index (χ1n) is 5.33. The average Bonchev–Trinajstić information content (AvgIpc) is 2.32. The van der Waals surface area contributed by atoms with E-state index in [1.807, 2.05) is 0 Å². The number of allylic oxidation sites excluding steroid dienone is 2. The average molecular weight is 292 g/mol. The fourth-order valence-electron chi connectivity index (χ4n) is 0.909. The zero-order valence-electron chi connectivity index (χ0n) is 10.2. The molecule has 0 heterocycles. The monoisotopic (exact) mass is 292 g/mol. The van der Waals surface area contributed by atoms with Gasteiger partial charge in [0.25, 0.3) is 0 Å². The summed E-state index contributed by atoms with van der Waals surface area (Å²) in [5, 5.41) is 16.8. The van der Waals surface area contributed by atoms with Crippen molar-refractivity contribution in [2.24, 2.45) is 11.8 Å². The van der Waals surface area contributed by atoms with E-state index in [4.69, 9.17) is 10.2 Å². The highest BCUT2D eigenvalue weighted by Gasteiger charge is 2.12. The molecule has 0 aromatic rings. The van der Waals surface area contributed by atoms with Crippen LogP contribution < -0.4 is 0 Å². The summed E-state index contributed by atoms with van der Waals surface area (Å²) in [4.78, 5) is 20.4. The molecule has 2 unspecified atom stereocenters. The topological polar surface area (TPSA) is 74.6 Å². The van der Waals surface area contributed by atoms with Gasteiger partial charge in [-0.15, -0.1) is 13.2 Å². The zero-order valence-corrected chi connectivity index (χ0v) is 11.9. The van der Waals surface area contributed by atoms with Crippen LogP contribution in [0.2, 0.25) is 0 Å². The minimum atomic E-state index is -0.801. The summed E-state index contributed by atoms with van der Waals surface area (Å²) >= 11 is 7.72. The van der Waals surface area contributed by atoms with Crippen molar-refractivity contribution in [1.29, 1.82) is 0 Å². The maximum atomic E-state index is 10.2. The second-order valence-corrected chi connectivity index (χ2v) is 4.21. The zero-order chi connectivity index (χ0) is 14.6. The molecule has 18 heavy (non-hydrogen) atoms. The molecule has 0 spiro atoms. The maximum Gasteiger partial charge on any atom is 0.307 e. The van der Waals surface area contributed by atoms with Crippen molar-refractivity contribution in [1.82, 2.24) is 0 Å². The predicted octanol–water partition coefficient (Wildman–Crippen LogP) is 2.39. The smallest absolute Gasteiger partial charge is 0.307 e. The van der Waals surface area contributed by atoms with Gasteiger partial charge in [0.2, 0.25) is 0 Å². The van der Waals surface area contributed by atoms with Crippen LogP contribution in [-0.4, -0.2) is 33.7 Å². The normalized spacial score (nSPS) is 12.6. The van der Waals surface area contributed by atoms with E-state index in [0.29, 0.717) is 24.3 Å². The number of thiol groups is 2. The summed E-state index contributed by atoms with van der Waals surface area (Å²) in [5.41, 5.74) is 0. The van der Waals surface area contributed by atoms with Gasteiger partial charge in [0.05, 0.1) is 11.8 Å². The molecular weight excluding hydrogens is 272 g/mol. The number of hydrogen-bond acceptors (Lipinski definition) is 4. The molecule has 0 rings (SSSR count). The van der Waals surface area contributed by atoms with Crippen LogP contribution in [-0.2, 0) is 9.59 Å². The molecule has 0 saturated carbocycles. The Morgan fingerprint density at radius 2 is 1.22 bits per heavy atom. The van der Waals surface area contributed by atoms with E-state index < -0.39 is 11.9 Å². The van der Waals surface area contributed by atoms with Crippen molar-refractivity contribution < 1.29 is 19.8 Å². The standard InChI is InChI=1S/2C6H10O2S/c2*1-2-3-5(4-9)6(7)8/h2*2,5,9H,1,3-4H2,(H,7,8). The summed E-state index contributed by atoms with van der Waals surface area (Å²) in [6.45, 7) is 6.87. The summed E-state index contributed by atoms with van der Waals surface area (Å²) < 4.78 is 0. The Morgan fingerprint density at radius 3 is 1.28 bits per heavy atom. The molecule has 0 aromatic heterocycles. The first-order chi connectivity index (χ1) is 8.44. The second-order valence-electron chi connectivity index (χ2n) is 3.48. The lowest BCUT2D eigenvalue weighted by molar-refractivity contribution is -0.141. The van der Waals surface area contributed by atoms with Crippen molar-refractivity contribution in [2.75, 3.05) is 11.5 Å². The molecule has 0 radical (unpaired) electrons. The Balaban J connectivity index is 0. The van der Waals surface area contributed by atoms with E-state index >= 15 is 0 Å². The fraction of sp³-hybridized carbons (Fsp3) is 0.500. The van der Waals surface area contributed by atoms with E-state index in [1.165, 1.54) is 0 Å². The van der Waals surface area contributed by atoms with Gasteiger partial charge in [0.15, 0.2) is 0 Å². The summed E-state index contributed by atoms with van der Waals surface area (Å²) in [6.07, 6.45) is 4.18. The van der Waals surface area contributed by atoms with Gasteiger partial charge in [-0.2, -0.15) is 25.3 Å². The molecular formula is C12H20O4S2. The van der Waals surface area contributed by atoms with Crippen LogP contribution in [0.3, 0.4) is 0 Å². The van der Waals surface area contributed by atoms with Gasteiger partial charge < -0.3 is 10.2 Å². The van der Waals surface area contributed by atoms with Crippen molar-refractivity contribution in [2.45, 2.75) is 12.8 Å². The van der Waals surface area contributed by atoms with E-state index in [-0.39, 0.29) is 11.8 Å². The molecule has 0 amide bonds. The number of carbonyl (C=O) groups is 2. The van der Waals surface area contributed by atoms with E-state index in [0.717, 1.165) is 0 Å². The molecule has 6 heteroatoms. The molecule has 0 aromatic carbocycles. The highest BCUT2D eigenvalue weighted by atomic mass is 32.1. The third-order valence-corrected chi connectivity index (χ3v) is 2.92. The van der Waals surface area contributed by atoms with Crippen molar-refractivity contribution in [3.8, 4) is 0 Å². The molecule has 104 valence electrons. The van der Waals surface area contributed by atoms with Gasteiger partial charge in [0.1, 0.15) is 0 Å². The maximum absolute atomic E-state index is 10.2. The van der Waals surface area contributed by atoms with Crippen LogP contribution >= 0.6 is 25.3 Å². The van der Waals surface area contributed by atoms with Crippen molar-refractivity contribution in [3.63, 3.8) is 0 Å². The van der Waals surface area contributed by atoms with Crippen LogP contribution in [0.15, 0.2) is 25.3 Å². The number of carboxylic acid groups (broad SMARTS) is 2. The lowest BCUT2D eigenvalue weighted by atomic mass is 10.1. The third kappa shape index (κ3) is 10.3. The second kappa shape index (κ2) is 12.6. The Labute approximate surface area is 119 Å². The fourth-order valence-corrected chi connectivity index (χ4v) is 1.52. The Kier molecular flexibility index (Phi) is 13.6. The number of carboxylic acids is 2. The molecule has 0 aliphatic heterocycles. The number of aliphatic carboxylic acids is 2. The molecule has 0 aliphatic carbocycles. The SMILES string of the molecule is C=CCC(CS)C(=O)O.C=CCC(CS)C(=O)O. The highest BCUT2D eigenvalue weighted by molar-refractivity contribution is 7.80. The lowest BCUT2D eigenvalue weighted by Crippen LogP contribution is -2.13. The summed E-state index contributed by atoms with van der Waals surface area (Å²) in [5.74, 6) is -1.59. The minimum absolute atomic E-state index is 0.370. The number of hydrogen-bond donors (Lipinski definition) is 4. The molecule has 4 nitrogen and oxygen atoms in total. The molecule has 2 N–H and O–H groups in total. The van der Waals surface area contributed by atoms with Gasteiger partial charge in [0, 0.05) is 11.5 Å². The van der Waals surface area contributed by atoms with Gasteiger partial charge in [-0.25, -0.2) is 0 Å². The summed E-state index contributed by atoms with van der Waals surface area (Å²) in [7, 11) is 0. The first-order valence-corrected chi connectivity index (χ1v) is 6.60. The molecule has 0 bridgehead atoms. The molecule has 0 aliphatic rings. The predicted molar refractivity (Wildman–Crippen MR) is 79.6 cm³/mol. The van der Waals surface area contributed by atoms with E-state index in [1.54, 1.807) is 12.2 Å². The van der Waals surface area contributed by atoms with Crippen LogP contribution in [0.4, 0.5) is 0 Å². The number of rotatable bonds is 8. The Bertz CT molecular complexity index is 251. The van der Waals surface area contributed by atoms with Crippen molar-refractivity contribution in [3.05, 3.63) is 25.3 Å². The molecule has 0 saturated heterocycles. The quantitative estimate of drug-likeness (QED) is 0.409. The Morgan fingerprint density at radius 1 is 0.944 bits per heavy atom. The summed E-state index contributed by atoms with van der Waals surface area (Å²) in [6, 6.07) is 0. The highest BCUT2D eigenvalue weighted by Crippen LogP contribution is 2.05. The van der Waals surface area contributed by atoms with Gasteiger partial charge in [-0.1, -0.05) is 12.2 Å². The molecule has 0 fully saturated rings. The molecule has 2 atom stereocenters.